The topological polar surface area (TPSA) is 105 Å². The Kier molecular flexibility index (Phi) is 5.08. The molecular weight excluding hydrogens is 392 g/mol. The first kappa shape index (κ1) is 19.9. The molecule has 0 spiro atoms. The van der Waals surface area contributed by atoms with E-state index >= 15 is 0 Å². The molecule has 3 aliphatic rings. The van der Waals surface area contributed by atoms with Gasteiger partial charge in [-0.2, -0.15) is 0 Å². The molecule has 7 nitrogen and oxygen atoms in total. The Morgan fingerprint density at radius 2 is 1.84 bits per heavy atom. The number of fused-ring (bicyclic) bond motifs is 2. The zero-order valence-corrected chi connectivity index (χ0v) is 17.3. The molecule has 3 atom stereocenters. The number of carbonyl (C=O) groups excluding carboxylic acids is 3. The van der Waals surface area contributed by atoms with Crippen LogP contribution in [0.5, 0.6) is 0 Å². The molecule has 3 unspecified atom stereocenters. The molecule has 1 fully saturated rings. The average Bonchev–Trinajstić information content (AvgIpc) is 3.09. The van der Waals surface area contributed by atoms with Gasteiger partial charge >= 0.3 is 0 Å². The number of hydrogen-bond acceptors (Lipinski definition) is 5. The van der Waals surface area contributed by atoms with E-state index in [1.165, 1.54) is 11.1 Å². The van der Waals surface area contributed by atoms with Crippen LogP contribution in [-0.4, -0.2) is 28.7 Å². The van der Waals surface area contributed by atoms with Crippen molar-refractivity contribution in [2.75, 3.05) is 0 Å². The van der Waals surface area contributed by atoms with Crippen molar-refractivity contribution in [2.45, 2.75) is 56.9 Å². The van der Waals surface area contributed by atoms with Gasteiger partial charge in [-0.1, -0.05) is 36.4 Å². The molecule has 0 radical (unpaired) electrons. The predicted molar refractivity (Wildman–Crippen MR) is 115 cm³/mol. The molecule has 2 aliphatic heterocycles. The zero-order valence-electron chi connectivity index (χ0n) is 17.3. The van der Waals surface area contributed by atoms with Gasteiger partial charge in [0.1, 0.15) is 6.04 Å². The van der Waals surface area contributed by atoms with Crippen LogP contribution in [0.4, 0.5) is 0 Å². The molecule has 0 aromatic heterocycles. The summed E-state index contributed by atoms with van der Waals surface area (Å²) >= 11 is 0. The number of nitrogens with zero attached hydrogens (tertiary/aromatic N) is 1. The van der Waals surface area contributed by atoms with Crippen molar-refractivity contribution in [3.63, 3.8) is 0 Å². The Hall–Kier alpha value is -3.03. The van der Waals surface area contributed by atoms with E-state index in [-0.39, 0.29) is 36.2 Å². The number of amides is 3. The molecule has 31 heavy (non-hydrogen) atoms. The van der Waals surface area contributed by atoms with Crippen LogP contribution >= 0.6 is 0 Å². The summed E-state index contributed by atoms with van der Waals surface area (Å²) in [6.07, 6.45) is 2.58. The van der Waals surface area contributed by atoms with Crippen molar-refractivity contribution in [1.29, 1.82) is 0 Å². The highest BCUT2D eigenvalue weighted by Crippen LogP contribution is 2.35. The minimum atomic E-state index is -0.581. The van der Waals surface area contributed by atoms with Crippen LogP contribution in [0.1, 0.15) is 70.4 Å². The Bertz CT molecular complexity index is 1070. The quantitative estimate of drug-likeness (QED) is 0.660. The fourth-order valence-electron chi connectivity index (χ4n) is 5.01. The van der Waals surface area contributed by atoms with Crippen LogP contribution < -0.4 is 16.4 Å². The number of nitrogens with two attached hydrogens (primary N) is 1. The van der Waals surface area contributed by atoms with Crippen molar-refractivity contribution >= 4 is 17.7 Å². The first-order chi connectivity index (χ1) is 15.0. The summed E-state index contributed by atoms with van der Waals surface area (Å²) in [7, 11) is 0. The summed E-state index contributed by atoms with van der Waals surface area (Å²) in [6, 6.07) is 14.0. The second-order valence-corrected chi connectivity index (χ2v) is 8.64. The molecule has 0 saturated carbocycles. The van der Waals surface area contributed by atoms with E-state index in [9.17, 15) is 14.4 Å². The van der Waals surface area contributed by atoms with Gasteiger partial charge in [-0.25, -0.2) is 0 Å². The predicted octanol–water partition coefficient (Wildman–Crippen LogP) is 2.07. The lowest BCUT2D eigenvalue weighted by Crippen LogP contribution is -2.52. The average molecular weight is 418 g/mol. The summed E-state index contributed by atoms with van der Waals surface area (Å²) in [6.45, 7) is 1.09. The molecule has 160 valence electrons. The van der Waals surface area contributed by atoms with Crippen molar-refractivity contribution in [3.8, 4) is 0 Å². The number of imide groups is 1. The Balaban J connectivity index is 1.29. The van der Waals surface area contributed by atoms with E-state index in [1.54, 1.807) is 4.90 Å². The van der Waals surface area contributed by atoms with Gasteiger partial charge in [0.25, 0.3) is 5.91 Å². The van der Waals surface area contributed by atoms with Gasteiger partial charge < -0.3 is 16.0 Å². The molecule has 3 amide bonds. The van der Waals surface area contributed by atoms with Crippen molar-refractivity contribution < 1.29 is 14.4 Å². The number of benzene rings is 2. The van der Waals surface area contributed by atoms with Crippen molar-refractivity contribution in [3.05, 3.63) is 70.3 Å². The largest absolute Gasteiger partial charge is 0.324 e. The smallest absolute Gasteiger partial charge is 0.255 e. The highest BCUT2D eigenvalue weighted by Gasteiger charge is 2.39. The second-order valence-electron chi connectivity index (χ2n) is 8.64. The van der Waals surface area contributed by atoms with Gasteiger partial charge in [-0.15, -0.1) is 0 Å². The number of piperidine rings is 1. The summed E-state index contributed by atoms with van der Waals surface area (Å²) in [4.78, 5) is 38.1. The fraction of sp³-hybridized carbons (Fsp3) is 0.375. The minimum absolute atomic E-state index is 0.0959. The lowest BCUT2D eigenvalue weighted by molar-refractivity contribution is -0.136. The third kappa shape index (κ3) is 3.64. The highest BCUT2D eigenvalue weighted by molar-refractivity contribution is 6.05. The molecule has 7 heteroatoms. The number of carbonyl (C=O) groups is 3. The van der Waals surface area contributed by atoms with Gasteiger partial charge in [-0.3, -0.25) is 19.7 Å². The monoisotopic (exact) mass is 418 g/mol. The Morgan fingerprint density at radius 3 is 2.65 bits per heavy atom. The fourth-order valence-corrected chi connectivity index (χ4v) is 5.01. The first-order valence-electron chi connectivity index (χ1n) is 10.9. The third-order valence-electron chi connectivity index (χ3n) is 6.68. The summed E-state index contributed by atoms with van der Waals surface area (Å²) < 4.78 is 0. The second kappa shape index (κ2) is 7.90. The van der Waals surface area contributed by atoms with Crippen molar-refractivity contribution in [2.24, 2.45) is 5.73 Å². The molecule has 2 aromatic rings. The van der Waals surface area contributed by atoms with E-state index in [4.69, 9.17) is 5.73 Å². The molecule has 1 saturated heterocycles. The maximum absolute atomic E-state index is 12.8. The highest BCUT2D eigenvalue weighted by atomic mass is 16.2. The normalized spacial score (nSPS) is 25.3. The standard InChI is InChI=1S/C24H26N4O3/c25-19-7-8-20(18-4-2-1-3-17(18)19)26-12-14-5-6-16-15(11-14)13-28(24(16)31)21-9-10-22(29)27-23(21)30/h1-6,11,19-21,26H,7-10,12-13,25H2,(H,27,29,30). The third-order valence-corrected chi connectivity index (χ3v) is 6.68. The minimum Gasteiger partial charge on any atom is -0.324 e. The van der Waals surface area contributed by atoms with E-state index in [1.807, 2.05) is 24.3 Å². The lowest BCUT2D eigenvalue weighted by atomic mass is 9.84. The van der Waals surface area contributed by atoms with Gasteiger partial charge in [0.05, 0.1) is 0 Å². The van der Waals surface area contributed by atoms with Crippen molar-refractivity contribution in [1.82, 2.24) is 15.5 Å². The molecule has 2 heterocycles. The maximum Gasteiger partial charge on any atom is 0.255 e. The lowest BCUT2D eigenvalue weighted by Gasteiger charge is -2.30. The number of rotatable bonds is 4. The summed E-state index contributed by atoms with van der Waals surface area (Å²) in [5.41, 5.74) is 11.4. The number of nitrogens with one attached hydrogen (secondary N) is 2. The van der Waals surface area contributed by atoms with Crippen LogP contribution in [0, 0.1) is 0 Å². The van der Waals surface area contributed by atoms with Crippen LogP contribution in [0.2, 0.25) is 0 Å². The van der Waals surface area contributed by atoms with Crippen LogP contribution in [0.3, 0.4) is 0 Å². The molecule has 2 aromatic carbocycles. The van der Waals surface area contributed by atoms with Gasteiger partial charge in [0, 0.05) is 37.2 Å². The van der Waals surface area contributed by atoms with E-state index in [0.29, 0.717) is 25.1 Å². The Morgan fingerprint density at radius 1 is 1.03 bits per heavy atom. The zero-order chi connectivity index (χ0) is 21.5. The number of hydrogen-bond donors (Lipinski definition) is 3. The van der Waals surface area contributed by atoms with E-state index < -0.39 is 6.04 Å². The van der Waals surface area contributed by atoms with E-state index in [2.05, 4.69) is 28.8 Å². The molecule has 5 rings (SSSR count). The Labute approximate surface area is 181 Å². The molecule has 1 aliphatic carbocycles. The van der Waals surface area contributed by atoms with E-state index in [0.717, 1.165) is 24.0 Å². The van der Waals surface area contributed by atoms with Gasteiger partial charge in [0.15, 0.2) is 0 Å². The molecule has 4 N–H and O–H groups in total. The molecular formula is C24H26N4O3. The SMILES string of the molecule is NC1CCC(NCc2ccc3c(c2)CN(C2CCC(=O)NC2=O)C3=O)c2ccccc21. The summed E-state index contributed by atoms with van der Waals surface area (Å²) in [5.74, 6) is -0.795. The first-order valence-corrected chi connectivity index (χ1v) is 10.9. The maximum atomic E-state index is 12.8. The van der Waals surface area contributed by atoms with Crippen LogP contribution in [-0.2, 0) is 22.7 Å². The molecule has 0 bridgehead atoms. The van der Waals surface area contributed by atoms with Gasteiger partial charge in [-0.05, 0) is 47.6 Å². The van der Waals surface area contributed by atoms with Crippen LogP contribution in [0.25, 0.3) is 0 Å². The summed E-state index contributed by atoms with van der Waals surface area (Å²) in [5, 5.41) is 5.99. The van der Waals surface area contributed by atoms with Gasteiger partial charge in [0.2, 0.25) is 11.8 Å². The van der Waals surface area contributed by atoms with Crippen LogP contribution in [0.15, 0.2) is 42.5 Å².